The summed E-state index contributed by atoms with van der Waals surface area (Å²) in [5, 5.41) is 3.29. The van der Waals surface area contributed by atoms with Crippen LogP contribution in [-0.4, -0.2) is 19.1 Å². The topological polar surface area (TPSA) is 38.0 Å². The average Bonchev–Trinajstić information content (AvgIpc) is 1.98. The van der Waals surface area contributed by atoms with E-state index in [1.807, 2.05) is 6.08 Å². The summed E-state index contributed by atoms with van der Waals surface area (Å²) < 4.78 is 0. The fourth-order valence-electron chi connectivity index (χ4n) is 0.682. The lowest BCUT2D eigenvalue weighted by atomic mass is 10.3. The van der Waals surface area contributed by atoms with Gasteiger partial charge in [-0.05, 0) is 32.9 Å². The van der Waals surface area contributed by atoms with Gasteiger partial charge in [0.1, 0.15) is 0 Å². The van der Waals surface area contributed by atoms with Gasteiger partial charge >= 0.3 is 0 Å². The van der Waals surface area contributed by atoms with Crippen LogP contribution in [0.3, 0.4) is 0 Å². The van der Waals surface area contributed by atoms with Crippen molar-refractivity contribution in [3.8, 4) is 0 Å². The Bertz CT molecular complexity index is 81.3. The van der Waals surface area contributed by atoms with Crippen LogP contribution in [0.25, 0.3) is 0 Å². The van der Waals surface area contributed by atoms with Crippen LogP contribution in [0, 0.1) is 0 Å². The van der Waals surface area contributed by atoms with Crippen LogP contribution in [0.1, 0.15) is 19.8 Å². The molecule has 0 aromatic rings. The molecule has 60 valence electrons. The number of rotatable bonds is 6. The maximum atomic E-state index is 5.33. The maximum absolute atomic E-state index is 5.33. The minimum Gasteiger partial charge on any atom is -0.330 e. The van der Waals surface area contributed by atoms with Crippen molar-refractivity contribution in [2.24, 2.45) is 5.73 Å². The van der Waals surface area contributed by atoms with E-state index >= 15 is 0 Å². The van der Waals surface area contributed by atoms with Gasteiger partial charge in [0.2, 0.25) is 0 Å². The molecule has 2 nitrogen and oxygen atoms in total. The molecule has 3 N–H and O–H groups in total. The Hall–Kier alpha value is -0.340. The van der Waals surface area contributed by atoms with E-state index in [-0.39, 0.29) is 0 Å². The van der Waals surface area contributed by atoms with Gasteiger partial charge in [0.25, 0.3) is 0 Å². The van der Waals surface area contributed by atoms with Gasteiger partial charge in [0.15, 0.2) is 0 Å². The van der Waals surface area contributed by atoms with E-state index in [9.17, 15) is 0 Å². The Kier molecular flexibility index (Phi) is 6.55. The molecule has 0 heterocycles. The molecule has 2 heteroatoms. The van der Waals surface area contributed by atoms with E-state index in [1.54, 1.807) is 0 Å². The second-order valence-corrected chi connectivity index (χ2v) is 2.47. The molecule has 0 bridgehead atoms. The molecule has 0 saturated carbocycles. The maximum Gasteiger partial charge on any atom is 0.0219 e. The van der Waals surface area contributed by atoms with Gasteiger partial charge in [-0.2, -0.15) is 0 Å². The van der Waals surface area contributed by atoms with Crippen LogP contribution >= 0.6 is 0 Å². The van der Waals surface area contributed by atoms with Gasteiger partial charge < -0.3 is 11.1 Å². The zero-order chi connectivity index (χ0) is 7.82. The van der Waals surface area contributed by atoms with Crippen molar-refractivity contribution in [3.05, 3.63) is 12.7 Å². The first kappa shape index (κ1) is 9.66. The van der Waals surface area contributed by atoms with Crippen LogP contribution in [-0.2, 0) is 0 Å². The highest BCUT2D eigenvalue weighted by Gasteiger charge is 1.91. The molecule has 0 saturated heterocycles. The van der Waals surface area contributed by atoms with Gasteiger partial charge in [-0.3, -0.25) is 0 Å². The molecular formula is C8H18N2. The Morgan fingerprint density at radius 2 is 2.30 bits per heavy atom. The minimum absolute atomic E-state index is 0.428. The summed E-state index contributed by atoms with van der Waals surface area (Å²) >= 11 is 0. The van der Waals surface area contributed by atoms with Crippen molar-refractivity contribution < 1.29 is 0 Å². The standard InChI is InChI=1S/C8H18N2/c1-3-8(2)10-7-5-4-6-9/h3,8,10H,1,4-7,9H2,2H3/t8-/m1/s1. The van der Waals surface area contributed by atoms with E-state index in [1.165, 1.54) is 0 Å². The molecule has 0 spiro atoms. The summed E-state index contributed by atoms with van der Waals surface area (Å²) in [6.45, 7) is 7.61. The van der Waals surface area contributed by atoms with Crippen LogP contribution < -0.4 is 11.1 Å². The summed E-state index contributed by atoms with van der Waals surface area (Å²) in [5.74, 6) is 0. The zero-order valence-electron chi connectivity index (χ0n) is 6.77. The third-order valence-electron chi connectivity index (χ3n) is 1.45. The van der Waals surface area contributed by atoms with Crippen molar-refractivity contribution in [2.75, 3.05) is 13.1 Å². The highest BCUT2D eigenvalue weighted by atomic mass is 14.9. The predicted molar refractivity (Wildman–Crippen MR) is 46.0 cm³/mol. The van der Waals surface area contributed by atoms with Crippen molar-refractivity contribution >= 4 is 0 Å². The van der Waals surface area contributed by atoms with Crippen molar-refractivity contribution in [1.29, 1.82) is 0 Å². The first-order valence-corrected chi connectivity index (χ1v) is 3.87. The molecule has 0 rings (SSSR count). The smallest absolute Gasteiger partial charge is 0.0219 e. The van der Waals surface area contributed by atoms with Gasteiger partial charge in [-0.25, -0.2) is 0 Å². The van der Waals surface area contributed by atoms with Crippen LogP contribution in [0.2, 0.25) is 0 Å². The molecule has 0 aromatic carbocycles. The molecule has 0 fully saturated rings. The fraction of sp³-hybridized carbons (Fsp3) is 0.750. The zero-order valence-corrected chi connectivity index (χ0v) is 6.77. The Morgan fingerprint density at radius 1 is 1.60 bits per heavy atom. The first-order valence-electron chi connectivity index (χ1n) is 3.87. The van der Waals surface area contributed by atoms with Crippen LogP contribution in [0.4, 0.5) is 0 Å². The van der Waals surface area contributed by atoms with Gasteiger partial charge in [-0.1, -0.05) is 6.08 Å². The van der Waals surface area contributed by atoms with Gasteiger partial charge in [-0.15, -0.1) is 6.58 Å². The molecule has 0 unspecified atom stereocenters. The molecular weight excluding hydrogens is 124 g/mol. The molecule has 0 aliphatic carbocycles. The monoisotopic (exact) mass is 142 g/mol. The van der Waals surface area contributed by atoms with Crippen LogP contribution in [0.15, 0.2) is 12.7 Å². The highest BCUT2D eigenvalue weighted by molar-refractivity contribution is 4.80. The van der Waals surface area contributed by atoms with E-state index in [4.69, 9.17) is 5.73 Å². The highest BCUT2D eigenvalue weighted by Crippen LogP contribution is 1.85. The van der Waals surface area contributed by atoms with E-state index in [0.29, 0.717) is 6.04 Å². The van der Waals surface area contributed by atoms with E-state index in [0.717, 1.165) is 25.9 Å². The largest absolute Gasteiger partial charge is 0.330 e. The molecule has 1 atom stereocenters. The van der Waals surface area contributed by atoms with Crippen LogP contribution in [0.5, 0.6) is 0 Å². The number of hydrogen-bond acceptors (Lipinski definition) is 2. The van der Waals surface area contributed by atoms with Crippen molar-refractivity contribution in [1.82, 2.24) is 5.32 Å². The average molecular weight is 142 g/mol. The van der Waals surface area contributed by atoms with Gasteiger partial charge in [0.05, 0.1) is 0 Å². The summed E-state index contributed by atoms with van der Waals surface area (Å²) in [5.41, 5.74) is 5.33. The minimum atomic E-state index is 0.428. The third-order valence-corrected chi connectivity index (χ3v) is 1.45. The Labute approximate surface area is 63.5 Å². The van der Waals surface area contributed by atoms with E-state index in [2.05, 4.69) is 18.8 Å². The lowest BCUT2D eigenvalue weighted by molar-refractivity contribution is 0.592. The Morgan fingerprint density at radius 3 is 2.80 bits per heavy atom. The number of hydrogen-bond donors (Lipinski definition) is 2. The Balaban J connectivity index is 2.95. The molecule has 0 aliphatic heterocycles. The normalized spacial score (nSPS) is 13.0. The lowest BCUT2D eigenvalue weighted by Gasteiger charge is -2.07. The molecule has 0 aliphatic rings. The third kappa shape index (κ3) is 5.79. The summed E-state index contributed by atoms with van der Waals surface area (Å²) in [6, 6.07) is 0.428. The SMILES string of the molecule is C=C[C@@H](C)NCCCCN. The summed E-state index contributed by atoms with van der Waals surface area (Å²) in [6.07, 6.45) is 4.17. The second-order valence-electron chi connectivity index (χ2n) is 2.47. The second kappa shape index (κ2) is 6.78. The molecule has 0 radical (unpaired) electrons. The molecule has 0 aromatic heterocycles. The number of unbranched alkanes of at least 4 members (excludes halogenated alkanes) is 1. The molecule has 10 heavy (non-hydrogen) atoms. The van der Waals surface area contributed by atoms with Crippen molar-refractivity contribution in [2.45, 2.75) is 25.8 Å². The summed E-state index contributed by atoms with van der Waals surface area (Å²) in [4.78, 5) is 0. The predicted octanol–water partition coefficient (Wildman–Crippen LogP) is 0.889. The molecule has 0 amide bonds. The van der Waals surface area contributed by atoms with E-state index < -0.39 is 0 Å². The fourth-order valence-corrected chi connectivity index (χ4v) is 0.682. The number of nitrogens with two attached hydrogens (primary N) is 1. The summed E-state index contributed by atoms with van der Waals surface area (Å²) in [7, 11) is 0. The number of nitrogens with one attached hydrogen (secondary N) is 1. The van der Waals surface area contributed by atoms with Crippen molar-refractivity contribution in [3.63, 3.8) is 0 Å². The lowest BCUT2D eigenvalue weighted by Crippen LogP contribution is -2.24. The quantitative estimate of drug-likeness (QED) is 0.427. The van der Waals surface area contributed by atoms with Gasteiger partial charge in [0, 0.05) is 6.04 Å². The first-order chi connectivity index (χ1) is 4.81.